The van der Waals surface area contributed by atoms with Crippen molar-refractivity contribution in [2.75, 3.05) is 14.2 Å². The minimum Gasteiger partial charge on any atom is -0.497 e. The van der Waals surface area contributed by atoms with Crippen LogP contribution in [0, 0.1) is 20.8 Å². The van der Waals surface area contributed by atoms with E-state index in [-0.39, 0.29) is 31.8 Å². The number of ether oxygens (including phenoxy) is 2. The van der Waals surface area contributed by atoms with Gasteiger partial charge in [-0.25, -0.2) is 0 Å². The molecule has 2 heterocycles. The minimum atomic E-state index is -5.66. The summed E-state index contributed by atoms with van der Waals surface area (Å²) in [6.07, 6.45) is 6.92. The summed E-state index contributed by atoms with van der Waals surface area (Å²) in [6.45, 7) is 4.49. The molecule has 0 saturated carbocycles. The second-order valence-corrected chi connectivity index (χ2v) is 14.0. The summed E-state index contributed by atoms with van der Waals surface area (Å²) >= 11 is 2.19. The highest BCUT2D eigenvalue weighted by molar-refractivity contribution is 7.19. The highest BCUT2D eigenvalue weighted by atomic mass is 32.1. The third-order valence-electron chi connectivity index (χ3n) is 8.58. The van der Waals surface area contributed by atoms with Gasteiger partial charge in [0.1, 0.15) is 11.5 Å². The zero-order valence-electron chi connectivity index (χ0n) is 26.6. The van der Waals surface area contributed by atoms with Crippen molar-refractivity contribution in [2.24, 2.45) is 0 Å². The normalized spacial score (nSPS) is 16.9. The zero-order valence-corrected chi connectivity index (χ0v) is 28.2. The molecule has 0 amide bonds. The molecule has 2 aromatic heterocycles. The quantitative estimate of drug-likeness (QED) is 0.119. The Balaban J connectivity index is 1.51. The van der Waals surface area contributed by atoms with Gasteiger partial charge in [-0.15, -0.1) is 22.7 Å². The Hall–Kier alpha value is -4.28. The maximum Gasteiger partial charge on any atom is 0.380 e. The fourth-order valence-corrected chi connectivity index (χ4v) is 8.25. The third kappa shape index (κ3) is 5.35. The van der Waals surface area contributed by atoms with Gasteiger partial charge in [-0.2, -0.15) is 26.3 Å². The van der Waals surface area contributed by atoms with Crippen LogP contribution in [-0.2, 0) is 0 Å². The van der Waals surface area contributed by atoms with Crippen molar-refractivity contribution in [3.05, 3.63) is 116 Å². The van der Waals surface area contributed by atoms with E-state index >= 15 is 26.3 Å². The van der Waals surface area contributed by atoms with Gasteiger partial charge < -0.3 is 9.47 Å². The highest BCUT2D eigenvalue weighted by Crippen LogP contribution is 2.66. The van der Waals surface area contributed by atoms with Crippen LogP contribution in [0.3, 0.4) is 0 Å². The molecular weight excluding hydrogens is 667 g/mol. The molecule has 0 aliphatic heterocycles. The van der Waals surface area contributed by atoms with Crippen LogP contribution >= 0.6 is 22.7 Å². The summed E-state index contributed by atoms with van der Waals surface area (Å²) in [4.78, 5) is 0.978. The van der Waals surface area contributed by atoms with Gasteiger partial charge >= 0.3 is 17.8 Å². The lowest BCUT2D eigenvalue weighted by Crippen LogP contribution is -2.49. The molecule has 0 bridgehead atoms. The molecule has 0 atom stereocenters. The molecule has 1 aliphatic rings. The highest BCUT2D eigenvalue weighted by Gasteiger charge is 2.80. The van der Waals surface area contributed by atoms with E-state index in [1.165, 1.54) is 27.9 Å². The molecule has 0 spiro atoms. The number of rotatable bonds is 8. The maximum atomic E-state index is 16.0. The number of benzene rings is 3. The van der Waals surface area contributed by atoms with Gasteiger partial charge in [-0.1, -0.05) is 48.6 Å². The summed E-state index contributed by atoms with van der Waals surface area (Å²) in [5, 5.41) is 0.209. The number of aryl methyl sites for hydroxylation is 2. The fraction of sp³-hybridized carbons (Fsp3) is 0.211. The van der Waals surface area contributed by atoms with Crippen LogP contribution < -0.4 is 9.47 Å². The lowest BCUT2D eigenvalue weighted by molar-refractivity contribution is -0.254. The Morgan fingerprint density at radius 3 is 1.73 bits per heavy atom. The van der Waals surface area contributed by atoms with E-state index in [1.54, 1.807) is 79.9 Å². The van der Waals surface area contributed by atoms with E-state index in [9.17, 15) is 0 Å². The van der Waals surface area contributed by atoms with Crippen LogP contribution in [0.5, 0.6) is 11.5 Å². The van der Waals surface area contributed by atoms with Gasteiger partial charge in [-0.05, 0) is 85.5 Å². The second-order valence-electron chi connectivity index (χ2n) is 11.5. The average molecular weight is 697 g/mol. The summed E-state index contributed by atoms with van der Waals surface area (Å²) in [5.41, 5.74) is -0.766. The standard InChI is InChI=1S/C38H30F6O2S2/c1-21-30(9-7-6-8-24-10-15-27(45-4)16-11-24)47-22(2)32(21)34-35(37(41,42)38(43,44)36(34,39)40)33-23(3)48-31-19-14-26(20-29(31)33)25-12-17-28(46-5)18-13-25/h6-20H,1-5H3. The van der Waals surface area contributed by atoms with Gasteiger partial charge in [-0.3, -0.25) is 0 Å². The Bertz CT molecular complexity index is 2100. The topological polar surface area (TPSA) is 18.5 Å². The number of thiophene rings is 2. The molecule has 6 rings (SSSR count). The molecular formula is C38H30F6O2S2. The number of fused-ring (bicyclic) bond motifs is 1. The molecule has 48 heavy (non-hydrogen) atoms. The Kier molecular flexibility index (Phi) is 8.62. The number of halogens is 6. The molecule has 10 heteroatoms. The summed E-state index contributed by atoms with van der Waals surface area (Å²) in [5.74, 6) is -14.6. The van der Waals surface area contributed by atoms with Crippen molar-refractivity contribution in [3.63, 3.8) is 0 Å². The zero-order chi connectivity index (χ0) is 34.6. The van der Waals surface area contributed by atoms with E-state index in [4.69, 9.17) is 9.47 Å². The smallest absolute Gasteiger partial charge is 0.380 e. The first-order valence-corrected chi connectivity index (χ1v) is 16.5. The Morgan fingerprint density at radius 1 is 0.604 bits per heavy atom. The molecule has 3 aromatic carbocycles. The van der Waals surface area contributed by atoms with Crippen LogP contribution in [-0.4, -0.2) is 32.0 Å². The van der Waals surface area contributed by atoms with Gasteiger partial charge in [0.05, 0.1) is 14.2 Å². The van der Waals surface area contributed by atoms with E-state index in [1.807, 2.05) is 18.2 Å². The molecule has 0 saturated heterocycles. The van der Waals surface area contributed by atoms with Crippen molar-refractivity contribution >= 4 is 56.1 Å². The second kappa shape index (κ2) is 12.3. The largest absolute Gasteiger partial charge is 0.497 e. The van der Waals surface area contributed by atoms with Crippen LogP contribution in [0.25, 0.3) is 44.5 Å². The molecule has 5 aromatic rings. The lowest BCUT2D eigenvalue weighted by Gasteiger charge is -2.26. The number of hydrogen-bond donors (Lipinski definition) is 0. The van der Waals surface area contributed by atoms with Gasteiger partial charge in [0.15, 0.2) is 0 Å². The van der Waals surface area contributed by atoms with Gasteiger partial charge in [0, 0.05) is 47.0 Å². The Labute approximate surface area is 282 Å². The van der Waals surface area contributed by atoms with Crippen molar-refractivity contribution in [3.8, 4) is 22.6 Å². The fourth-order valence-electron chi connectivity index (χ4n) is 6.11. The van der Waals surface area contributed by atoms with Gasteiger partial charge in [0.25, 0.3) is 0 Å². The number of hydrogen-bond acceptors (Lipinski definition) is 4. The van der Waals surface area contributed by atoms with E-state index in [0.29, 0.717) is 26.6 Å². The molecule has 0 fully saturated rings. The molecule has 1 aliphatic carbocycles. The molecule has 0 unspecified atom stereocenters. The summed E-state index contributed by atoms with van der Waals surface area (Å²) < 4.78 is 106. The average Bonchev–Trinajstić information content (AvgIpc) is 3.57. The first-order valence-electron chi connectivity index (χ1n) is 14.9. The van der Waals surface area contributed by atoms with E-state index in [0.717, 1.165) is 33.8 Å². The molecule has 248 valence electrons. The van der Waals surface area contributed by atoms with Crippen molar-refractivity contribution < 1.29 is 35.8 Å². The van der Waals surface area contributed by atoms with E-state index in [2.05, 4.69) is 0 Å². The first kappa shape index (κ1) is 33.6. The SMILES string of the molecule is COc1ccc(C=CC=Cc2sc(C)c(C3=C(c4c(C)sc5ccc(-c6ccc(OC)cc6)cc45)C(F)(F)C(F)(F)C3(F)F)c2C)cc1. The van der Waals surface area contributed by atoms with Crippen LogP contribution in [0.4, 0.5) is 26.3 Å². The summed E-state index contributed by atoms with van der Waals surface area (Å²) in [6, 6.07) is 19.4. The van der Waals surface area contributed by atoms with Crippen LogP contribution in [0.1, 0.15) is 36.9 Å². The first-order chi connectivity index (χ1) is 22.7. The van der Waals surface area contributed by atoms with E-state index < -0.39 is 28.9 Å². The third-order valence-corrected chi connectivity index (χ3v) is 10.8. The van der Waals surface area contributed by atoms with Gasteiger partial charge in [0.2, 0.25) is 0 Å². The lowest BCUT2D eigenvalue weighted by atomic mass is 9.90. The number of alkyl halides is 6. The minimum absolute atomic E-state index is 0.209. The Morgan fingerprint density at radius 2 is 1.12 bits per heavy atom. The van der Waals surface area contributed by atoms with Crippen molar-refractivity contribution in [1.82, 2.24) is 0 Å². The predicted octanol–water partition coefficient (Wildman–Crippen LogP) is 12.1. The van der Waals surface area contributed by atoms with Crippen molar-refractivity contribution in [1.29, 1.82) is 0 Å². The monoisotopic (exact) mass is 696 g/mol. The summed E-state index contributed by atoms with van der Waals surface area (Å²) in [7, 11) is 3.09. The number of allylic oxidation sites excluding steroid dienone is 4. The van der Waals surface area contributed by atoms with Crippen LogP contribution in [0.2, 0.25) is 0 Å². The molecule has 2 nitrogen and oxygen atoms in total. The molecule has 0 N–H and O–H groups in total. The maximum absolute atomic E-state index is 16.0. The molecule has 0 radical (unpaired) electrons. The predicted molar refractivity (Wildman–Crippen MR) is 185 cm³/mol. The van der Waals surface area contributed by atoms with Crippen molar-refractivity contribution in [2.45, 2.75) is 38.5 Å². The van der Waals surface area contributed by atoms with Crippen LogP contribution in [0.15, 0.2) is 78.9 Å². The number of methoxy groups -OCH3 is 2.